The molecule has 5 heteroatoms. The van der Waals surface area contributed by atoms with E-state index in [1.807, 2.05) is 4.90 Å². The Morgan fingerprint density at radius 3 is 2.43 bits per heavy atom. The molecule has 0 heterocycles. The van der Waals surface area contributed by atoms with Crippen LogP contribution in [0, 0.1) is 11.6 Å². The standard InChI is InChI=1S/C16H23F2NO2/c1-4-13(5-2)19(8-9-21-3)11-16(20)12-6-7-14(17)15(18)10-12/h6-7,10,13H,4-5,8-9,11H2,1-3H3. The molecule has 0 fully saturated rings. The highest BCUT2D eigenvalue weighted by atomic mass is 19.2. The minimum atomic E-state index is -0.994. The van der Waals surface area contributed by atoms with E-state index < -0.39 is 11.6 Å². The van der Waals surface area contributed by atoms with Crippen molar-refractivity contribution in [3.05, 3.63) is 35.4 Å². The van der Waals surface area contributed by atoms with Gasteiger partial charge in [-0.15, -0.1) is 0 Å². The van der Waals surface area contributed by atoms with Gasteiger partial charge in [0.05, 0.1) is 13.2 Å². The number of nitrogens with zero attached hydrogens (tertiary/aromatic N) is 1. The fraction of sp³-hybridized carbons (Fsp3) is 0.562. The van der Waals surface area contributed by atoms with E-state index in [0.717, 1.165) is 25.0 Å². The van der Waals surface area contributed by atoms with Crippen molar-refractivity contribution in [2.24, 2.45) is 0 Å². The number of halogens is 2. The first-order chi connectivity index (χ1) is 10.0. The summed E-state index contributed by atoms with van der Waals surface area (Å²) in [7, 11) is 1.61. The summed E-state index contributed by atoms with van der Waals surface area (Å²) in [4.78, 5) is 14.3. The highest BCUT2D eigenvalue weighted by molar-refractivity contribution is 5.97. The molecule has 0 saturated carbocycles. The largest absolute Gasteiger partial charge is 0.383 e. The molecular formula is C16H23F2NO2. The molecule has 3 nitrogen and oxygen atoms in total. The first-order valence-corrected chi connectivity index (χ1v) is 7.24. The van der Waals surface area contributed by atoms with Gasteiger partial charge in [0.15, 0.2) is 17.4 Å². The van der Waals surface area contributed by atoms with Gasteiger partial charge in [-0.3, -0.25) is 9.69 Å². The maximum atomic E-state index is 13.2. The summed E-state index contributed by atoms with van der Waals surface area (Å²) in [6.45, 7) is 5.48. The number of benzene rings is 1. The number of ether oxygens (including phenoxy) is 1. The monoisotopic (exact) mass is 299 g/mol. The second-order valence-electron chi connectivity index (χ2n) is 4.99. The van der Waals surface area contributed by atoms with Gasteiger partial charge in [-0.05, 0) is 31.0 Å². The molecular weight excluding hydrogens is 276 g/mol. The third-order valence-electron chi connectivity index (χ3n) is 3.63. The maximum Gasteiger partial charge on any atom is 0.176 e. The molecule has 118 valence electrons. The lowest BCUT2D eigenvalue weighted by atomic mass is 10.1. The van der Waals surface area contributed by atoms with Crippen LogP contribution < -0.4 is 0 Å². The fourth-order valence-electron chi connectivity index (χ4n) is 2.35. The zero-order valence-electron chi connectivity index (χ0n) is 12.9. The van der Waals surface area contributed by atoms with E-state index in [1.165, 1.54) is 6.07 Å². The molecule has 0 saturated heterocycles. The van der Waals surface area contributed by atoms with Gasteiger partial charge in [0.25, 0.3) is 0 Å². The Morgan fingerprint density at radius 1 is 1.24 bits per heavy atom. The third kappa shape index (κ3) is 5.17. The molecule has 0 N–H and O–H groups in total. The van der Waals surface area contributed by atoms with Crippen molar-refractivity contribution in [3.63, 3.8) is 0 Å². The average Bonchev–Trinajstić information content (AvgIpc) is 2.48. The SMILES string of the molecule is CCC(CC)N(CCOC)CC(=O)c1ccc(F)c(F)c1. The zero-order chi connectivity index (χ0) is 15.8. The average molecular weight is 299 g/mol. The van der Waals surface area contributed by atoms with E-state index in [1.54, 1.807) is 7.11 Å². The van der Waals surface area contributed by atoms with Crippen LogP contribution in [0.4, 0.5) is 8.78 Å². The summed E-state index contributed by atoms with van der Waals surface area (Å²) in [6.07, 6.45) is 1.84. The van der Waals surface area contributed by atoms with Crippen molar-refractivity contribution in [3.8, 4) is 0 Å². The second-order valence-corrected chi connectivity index (χ2v) is 4.99. The van der Waals surface area contributed by atoms with Crippen LogP contribution in [0.15, 0.2) is 18.2 Å². The smallest absolute Gasteiger partial charge is 0.176 e. The van der Waals surface area contributed by atoms with Gasteiger partial charge < -0.3 is 4.74 Å². The zero-order valence-corrected chi connectivity index (χ0v) is 12.9. The molecule has 0 radical (unpaired) electrons. The summed E-state index contributed by atoms with van der Waals surface area (Å²) >= 11 is 0. The molecule has 0 spiro atoms. The number of Topliss-reactive ketones (excluding diaryl/α,β-unsaturated/α-hetero) is 1. The van der Waals surface area contributed by atoms with Crippen LogP contribution in [0.25, 0.3) is 0 Å². The van der Waals surface area contributed by atoms with Gasteiger partial charge in [0, 0.05) is 25.3 Å². The predicted molar refractivity (Wildman–Crippen MR) is 78.5 cm³/mol. The van der Waals surface area contributed by atoms with Gasteiger partial charge in [-0.25, -0.2) is 8.78 Å². The molecule has 1 aromatic carbocycles. The van der Waals surface area contributed by atoms with Gasteiger partial charge in [-0.1, -0.05) is 13.8 Å². The van der Waals surface area contributed by atoms with Crippen molar-refractivity contribution in [2.45, 2.75) is 32.7 Å². The third-order valence-corrected chi connectivity index (χ3v) is 3.63. The van der Waals surface area contributed by atoms with Crippen LogP contribution >= 0.6 is 0 Å². The number of hydrogen-bond donors (Lipinski definition) is 0. The second kappa shape index (κ2) is 8.85. The first-order valence-electron chi connectivity index (χ1n) is 7.24. The maximum absolute atomic E-state index is 13.2. The Bertz CT molecular complexity index is 462. The van der Waals surface area contributed by atoms with Crippen molar-refractivity contribution >= 4 is 5.78 Å². The Morgan fingerprint density at radius 2 is 1.90 bits per heavy atom. The van der Waals surface area contributed by atoms with Crippen LogP contribution in [0.1, 0.15) is 37.0 Å². The van der Waals surface area contributed by atoms with Gasteiger partial charge in [0.1, 0.15) is 0 Å². The molecule has 0 aromatic heterocycles. The van der Waals surface area contributed by atoms with Crippen molar-refractivity contribution in [1.82, 2.24) is 4.90 Å². The van der Waals surface area contributed by atoms with Crippen LogP contribution in [-0.4, -0.2) is 43.5 Å². The van der Waals surface area contributed by atoms with E-state index in [2.05, 4.69) is 13.8 Å². The van der Waals surface area contributed by atoms with E-state index in [0.29, 0.717) is 13.2 Å². The molecule has 0 unspecified atom stereocenters. The lowest BCUT2D eigenvalue weighted by Crippen LogP contribution is -2.40. The molecule has 0 bridgehead atoms. The minimum absolute atomic E-state index is 0.181. The van der Waals surface area contributed by atoms with Crippen LogP contribution in [0.2, 0.25) is 0 Å². The van der Waals surface area contributed by atoms with Gasteiger partial charge in [-0.2, -0.15) is 0 Å². The molecule has 0 atom stereocenters. The van der Waals surface area contributed by atoms with Crippen molar-refractivity contribution in [1.29, 1.82) is 0 Å². The minimum Gasteiger partial charge on any atom is -0.383 e. The highest BCUT2D eigenvalue weighted by Crippen LogP contribution is 2.13. The van der Waals surface area contributed by atoms with E-state index in [4.69, 9.17) is 4.74 Å². The van der Waals surface area contributed by atoms with Crippen LogP contribution in [0.3, 0.4) is 0 Å². The molecule has 21 heavy (non-hydrogen) atoms. The summed E-state index contributed by atoms with van der Waals surface area (Å²) in [5.41, 5.74) is 0.197. The molecule has 1 aromatic rings. The first kappa shape index (κ1) is 17.7. The highest BCUT2D eigenvalue weighted by Gasteiger charge is 2.19. The lowest BCUT2D eigenvalue weighted by Gasteiger charge is -2.29. The van der Waals surface area contributed by atoms with Gasteiger partial charge >= 0.3 is 0 Å². The number of rotatable bonds is 9. The van der Waals surface area contributed by atoms with Crippen molar-refractivity contribution in [2.75, 3.05) is 26.8 Å². The number of carbonyl (C=O) groups excluding carboxylic acids is 1. The Labute approximate surface area is 124 Å². The molecule has 0 aliphatic carbocycles. The fourth-order valence-corrected chi connectivity index (χ4v) is 2.35. The predicted octanol–water partition coefficient (Wildman–Crippen LogP) is 3.28. The summed E-state index contributed by atoms with van der Waals surface area (Å²) < 4.78 is 31.2. The number of ketones is 1. The van der Waals surface area contributed by atoms with Crippen LogP contribution in [0.5, 0.6) is 0 Å². The topological polar surface area (TPSA) is 29.5 Å². The number of carbonyl (C=O) groups is 1. The summed E-state index contributed by atoms with van der Waals surface area (Å²) in [5, 5.41) is 0. The van der Waals surface area contributed by atoms with E-state index >= 15 is 0 Å². The molecule has 0 aliphatic rings. The lowest BCUT2D eigenvalue weighted by molar-refractivity contribution is 0.0811. The quantitative estimate of drug-likeness (QED) is 0.655. The summed E-state index contributed by atoms with van der Waals surface area (Å²) in [5.74, 6) is -2.15. The van der Waals surface area contributed by atoms with Gasteiger partial charge in [0.2, 0.25) is 0 Å². The van der Waals surface area contributed by atoms with E-state index in [-0.39, 0.29) is 23.9 Å². The normalized spacial score (nSPS) is 11.4. The molecule has 0 aliphatic heterocycles. The number of hydrogen-bond acceptors (Lipinski definition) is 3. The Balaban J connectivity index is 2.80. The van der Waals surface area contributed by atoms with E-state index in [9.17, 15) is 13.6 Å². The van der Waals surface area contributed by atoms with Crippen LogP contribution in [-0.2, 0) is 4.74 Å². The number of methoxy groups -OCH3 is 1. The molecule has 1 rings (SSSR count). The molecule has 0 amide bonds. The van der Waals surface area contributed by atoms with Crippen molar-refractivity contribution < 1.29 is 18.3 Å². The Hall–Kier alpha value is -1.33. The summed E-state index contributed by atoms with van der Waals surface area (Å²) in [6, 6.07) is 3.54. The Kier molecular flexibility index (Phi) is 7.47.